The van der Waals surface area contributed by atoms with Crippen molar-refractivity contribution < 1.29 is 22.3 Å². The van der Waals surface area contributed by atoms with Crippen LogP contribution in [-0.2, 0) is 10.9 Å². The molecule has 1 aromatic rings. The summed E-state index contributed by atoms with van der Waals surface area (Å²) in [5.41, 5.74) is -0.780. The largest absolute Gasteiger partial charge is 0.419 e. The van der Waals surface area contributed by atoms with Crippen molar-refractivity contribution in [3.63, 3.8) is 0 Å². The predicted octanol–water partition coefficient (Wildman–Crippen LogP) is 2.92. The van der Waals surface area contributed by atoms with E-state index in [1.807, 2.05) is 0 Å². The number of epoxide rings is 1. The molecule has 14 heavy (non-hydrogen) atoms. The molecule has 1 aliphatic rings. The number of benzene rings is 1. The van der Waals surface area contributed by atoms with Gasteiger partial charge in [-0.2, -0.15) is 13.2 Å². The van der Waals surface area contributed by atoms with Crippen molar-refractivity contribution in [2.45, 2.75) is 12.3 Å². The summed E-state index contributed by atoms with van der Waals surface area (Å²) in [6, 6.07) is 2.86. The van der Waals surface area contributed by atoms with Crippen LogP contribution < -0.4 is 0 Å². The lowest BCUT2D eigenvalue weighted by Crippen LogP contribution is -2.08. The Balaban J connectivity index is 2.35. The van der Waals surface area contributed by atoms with Crippen molar-refractivity contribution in [3.8, 4) is 0 Å². The Hall–Kier alpha value is -1.10. The maximum atomic E-state index is 13.0. The summed E-state index contributed by atoms with van der Waals surface area (Å²) >= 11 is 0. The predicted molar refractivity (Wildman–Crippen MR) is 40.1 cm³/mol. The monoisotopic (exact) mass is 206 g/mol. The van der Waals surface area contributed by atoms with Gasteiger partial charge in [-0.1, -0.05) is 6.07 Å². The van der Waals surface area contributed by atoms with Crippen LogP contribution in [0.5, 0.6) is 0 Å². The third kappa shape index (κ3) is 1.72. The van der Waals surface area contributed by atoms with Gasteiger partial charge in [0, 0.05) is 0 Å². The van der Waals surface area contributed by atoms with Gasteiger partial charge in [-0.25, -0.2) is 4.39 Å². The summed E-state index contributed by atoms with van der Waals surface area (Å²) in [6.07, 6.45) is -4.86. The van der Waals surface area contributed by atoms with E-state index in [4.69, 9.17) is 4.74 Å². The minimum atomic E-state index is -4.63. The summed E-state index contributed by atoms with van der Waals surface area (Å²) in [5.74, 6) is -1.24. The minimum absolute atomic E-state index is 0.230. The first-order valence-electron chi connectivity index (χ1n) is 3.97. The fraction of sp³-hybridized carbons (Fsp3) is 0.333. The molecule has 0 radical (unpaired) electrons. The molecule has 0 bridgehead atoms. The lowest BCUT2D eigenvalue weighted by molar-refractivity contribution is -0.140. The van der Waals surface area contributed by atoms with E-state index in [9.17, 15) is 17.6 Å². The van der Waals surface area contributed by atoms with Crippen LogP contribution in [0.4, 0.5) is 17.6 Å². The Morgan fingerprint density at radius 1 is 1.29 bits per heavy atom. The van der Waals surface area contributed by atoms with Crippen molar-refractivity contribution in [2.75, 3.05) is 6.61 Å². The fourth-order valence-electron chi connectivity index (χ4n) is 1.20. The first-order chi connectivity index (χ1) is 6.48. The van der Waals surface area contributed by atoms with E-state index < -0.39 is 17.6 Å². The fourth-order valence-corrected chi connectivity index (χ4v) is 1.20. The van der Waals surface area contributed by atoms with Crippen LogP contribution in [0.15, 0.2) is 18.2 Å². The van der Waals surface area contributed by atoms with Gasteiger partial charge in [-0.15, -0.1) is 0 Å². The molecule has 1 fully saturated rings. The molecule has 1 heterocycles. The summed E-state index contributed by atoms with van der Waals surface area (Å²) in [4.78, 5) is 0. The number of rotatable bonds is 1. The quantitative estimate of drug-likeness (QED) is 0.508. The zero-order valence-electron chi connectivity index (χ0n) is 6.94. The smallest absolute Gasteiger partial charge is 0.368 e. The molecule has 0 saturated carbocycles. The number of ether oxygens (including phenoxy) is 1. The maximum Gasteiger partial charge on any atom is 0.419 e. The summed E-state index contributed by atoms with van der Waals surface area (Å²) in [6.45, 7) is 0.449. The normalized spacial score (nSPS) is 21.0. The Morgan fingerprint density at radius 2 is 1.93 bits per heavy atom. The van der Waals surface area contributed by atoms with Gasteiger partial charge in [0.25, 0.3) is 0 Å². The summed E-state index contributed by atoms with van der Waals surface area (Å²) in [7, 11) is 0. The van der Waals surface area contributed by atoms with E-state index in [0.29, 0.717) is 12.2 Å². The highest BCUT2D eigenvalue weighted by atomic mass is 19.4. The zero-order valence-corrected chi connectivity index (χ0v) is 6.94. The second kappa shape index (κ2) is 2.95. The zero-order chi connectivity index (χ0) is 10.3. The molecular formula is C9H6F4O. The lowest BCUT2D eigenvalue weighted by Gasteiger charge is -2.08. The van der Waals surface area contributed by atoms with Gasteiger partial charge in [-0.3, -0.25) is 0 Å². The molecule has 1 aliphatic heterocycles. The Kier molecular flexibility index (Phi) is 1.99. The summed E-state index contributed by atoms with van der Waals surface area (Å²) < 4.78 is 54.2. The maximum absolute atomic E-state index is 13.0. The molecule has 1 saturated heterocycles. The van der Waals surface area contributed by atoms with Crippen molar-refractivity contribution in [1.82, 2.24) is 0 Å². The van der Waals surface area contributed by atoms with Crippen LogP contribution in [0.25, 0.3) is 0 Å². The van der Waals surface area contributed by atoms with Crippen molar-refractivity contribution >= 4 is 0 Å². The highest BCUT2D eigenvalue weighted by Gasteiger charge is 2.35. The minimum Gasteiger partial charge on any atom is -0.368 e. The van der Waals surface area contributed by atoms with Crippen LogP contribution in [0.1, 0.15) is 17.2 Å². The standard InChI is InChI=1S/C9H6F4O/c10-7-3-5(8-4-14-8)1-2-6(7)9(11,12)13/h1-3,8H,4H2/t8-/m0/s1. The molecule has 5 heteroatoms. The van der Waals surface area contributed by atoms with Crippen LogP contribution in [0.3, 0.4) is 0 Å². The molecule has 0 unspecified atom stereocenters. The molecule has 76 valence electrons. The molecule has 2 rings (SSSR count). The van der Waals surface area contributed by atoms with Gasteiger partial charge in [0.1, 0.15) is 11.9 Å². The van der Waals surface area contributed by atoms with Crippen LogP contribution >= 0.6 is 0 Å². The Morgan fingerprint density at radius 3 is 2.36 bits per heavy atom. The number of alkyl halides is 3. The number of hydrogen-bond acceptors (Lipinski definition) is 1. The topological polar surface area (TPSA) is 12.5 Å². The highest BCUT2D eigenvalue weighted by Crippen LogP contribution is 2.35. The van der Waals surface area contributed by atoms with Crippen LogP contribution in [-0.4, -0.2) is 6.61 Å². The van der Waals surface area contributed by atoms with Gasteiger partial charge in [0.05, 0.1) is 12.2 Å². The third-order valence-electron chi connectivity index (χ3n) is 2.00. The van der Waals surface area contributed by atoms with E-state index in [0.717, 1.165) is 12.1 Å². The Bertz CT molecular complexity index is 354. The number of halogens is 4. The van der Waals surface area contributed by atoms with E-state index in [1.165, 1.54) is 6.07 Å². The van der Waals surface area contributed by atoms with Crippen LogP contribution in [0.2, 0.25) is 0 Å². The molecule has 1 nitrogen and oxygen atoms in total. The number of hydrogen-bond donors (Lipinski definition) is 0. The molecule has 0 N–H and O–H groups in total. The second-order valence-electron chi connectivity index (χ2n) is 3.06. The molecular weight excluding hydrogens is 200 g/mol. The molecule has 1 atom stereocenters. The van der Waals surface area contributed by atoms with Gasteiger partial charge in [0.2, 0.25) is 0 Å². The average molecular weight is 206 g/mol. The van der Waals surface area contributed by atoms with E-state index in [2.05, 4.69) is 0 Å². The second-order valence-corrected chi connectivity index (χ2v) is 3.06. The summed E-state index contributed by atoms with van der Waals surface area (Å²) in [5, 5.41) is 0. The van der Waals surface area contributed by atoms with Gasteiger partial charge in [-0.05, 0) is 17.7 Å². The lowest BCUT2D eigenvalue weighted by atomic mass is 10.1. The first kappa shape index (κ1) is 9.45. The first-order valence-corrected chi connectivity index (χ1v) is 3.97. The molecule has 0 aliphatic carbocycles. The van der Waals surface area contributed by atoms with Gasteiger partial charge in [0.15, 0.2) is 0 Å². The van der Waals surface area contributed by atoms with Gasteiger partial charge < -0.3 is 4.74 Å². The van der Waals surface area contributed by atoms with E-state index in [-0.39, 0.29) is 6.10 Å². The average Bonchev–Trinajstić information content (AvgIpc) is 2.83. The molecule has 0 amide bonds. The van der Waals surface area contributed by atoms with Gasteiger partial charge >= 0.3 is 6.18 Å². The van der Waals surface area contributed by atoms with Crippen molar-refractivity contribution in [3.05, 3.63) is 35.1 Å². The highest BCUT2D eigenvalue weighted by molar-refractivity contribution is 5.29. The van der Waals surface area contributed by atoms with Crippen molar-refractivity contribution in [2.24, 2.45) is 0 Å². The van der Waals surface area contributed by atoms with Crippen molar-refractivity contribution in [1.29, 1.82) is 0 Å². The molecule has 0 aromatic heterocycles. The van der Waals surface area contributed by atoms with E-state index >= 15 is 0 Å². The molecule has 1 aromatic carbocycles. The Labute approximate surface area is 77.3 Å². The molecule has 0 spiro atoms. The van der Waals surface area contributed by atoms with E-state index in [1.54, 1.807) is 0 Å². The van der Waals surface area contributed by atoms with Crippen LogP contribution in [0, 0.1) is 5.82 Å². The third-order valence-corrected chi connectivity index (χ3v) is 2.00. The SMILES string of the molecule is Fc1cc([C@@H]2CO2)ccc1C(F)(F)F.